The van der Waals surface area contributed by atoms with Crippen molar-refractivity contribution in [1.82, 2.24) is 15.1 Å². The molecule has 0 aliphatic heterocycles. The molecule has 2 aromatic rings. The molecule has 2 rings (SSSR count). The predicted octanol–water partition coefficient (Wildman–Crippen LogP) is 3.94. The molecule has 0 bridgehead atoms. The van der Waals surface area contributed by atoms with Crippen molar-refractivity contribution in [3.8, 4) is 5.75 Å². The molecule has 1 aromatic carbocycles. The summed E-state index contributed by atoms with van der Waals surface area (Å²) in [5, 5.41) is 8.96. The smallest absolute Gasteiger partial charge is 0.120 e. The Bertz CT molecular complexity index is 586. The molecule has 0 radical (unpaired) electrons. The number of aromatic nitrogens is 2. The Kier molecular flexibility index (Phi) is 5.91. The van der Waals surface area contributed by atoms with Crippen molar-refractivity contribution in [2.45, 2.75) is 26.4 Å². The van der Waals surface area contributed by atoms with Gasteiger partial charge in [-0.05, 0) is 31.7 Å². The van der Waals surface area contributed by atoms with Crippen molar-refractivity contribution in [1.29, 1.82) is 0 Å². The fourth-order valence-electron chi connectivity index (χ4n) is 2.19. The lowest BCUT2D eigenvalue weighted by atomic mass is 10.2. The molecule has 1 atom stereocenters. The molecule has 0 saturated carbocycles. The number of benzene rings is 1. The number of hydrogen-bond acceptors (Lipinski definition) is 3. The Hall–Kier alpha value is -1.23. The highest BCUT2D eigenvalue weighted by Crippen LogP contribution is 2.24. The number of nitrogens with zero attached hydrogens (tertiary/aromatic N) is 2. The van der Waals surface area contributed by atoms with Gasteiger partial charge in [0.15, 0.2) is 0 Å². The van der Waals surface area contributed by atoms with Crippen LogP contribution in [0, 0.1) is 0 Å². The van der Waals surface area contributed by atoms with Crippen LogP contribution in [0.3, 0.4) is 0 Å². The van der Waals surface area contributed by atoms with Crippen molar-refractivity contribution in [3.63, 3.8) is 0 Å². The summed E-state index contributed by atoms with van der Waals surface area (Å²) >= 11 is 12.2. The molecule has 1 heterocycles. The highest BCUT2D eigenvalue weighted by atomic mass is 35.5. The summed E-state index contributed by atoms with van der Waals surface area (Å²) in [6.07, 6.45) is 1.67. The number of nitrogens with one attached hydrogen (secondary N) is 1. The molecule has 114 valence electrons. The quantitative estimate of drug-likeness (QED) is 0.837. The van der Waals surface area contributed by atoms with E-state index in [0.29, 0.717) is 16.7 Å². The van der Waals surface area contributed by atoms with E-state index in [9.17, 15) is 0 Å². The van der Waals surface area contributed by atoms with Crippen LogP contribution in [-0.2, 0) is 6.54 Å². The van der Waals surface area contributed by atoms with E-state index >= 15 is 0 Å². The summed E-state index contributed by atoms with van der Waals surface area (Å²) in [5.41, 5.74) is 0.947. The molecule has 0 aliphatic rings. The second kappa shape index (κ2) is 7.69. The fourth-order valence-corrected chi connectivity index (χ4v) is 2.64. The fraction of sp³-hybridized carbons (Fsp3) is 0.400. The minimum atomic E-state index is -0.0241. The third kappa shape index (κ3) is 4.13. The van der Waals surface area contributed by atoms with Gasteiger partial charge in [0.05, 0.1) is 23.0 Å². The van der Waals surface area contributed by atoms with Crippen LogP contribution in [-0.4, -0.2) is 22.9 Å². The normalized spacial score (nSPS) is 12.4. The lowest BCUT2D eigenvalue weighted by Gasteiger charge is -2.20. The summed E-state index contributed by atoms with van der Waals surface area (Å²) < 4.78 is 7.72. The average Bonchev–Trinajstić information content (AvgIpc) is 2.84. The van der Waals surface area contributed by atoms with Crippen LogP contribution in [0.4, 0.5) is 0 Å². The highest BCUT2D eigenvalue weighted by molar-refractivity contribution is 6.31. The summed E-state index contributed by atoms with van der Waals surface area (Å²) in [6.45, 7) is 6.12. The molecule has 0 amide bonds. The van der Waals surface area contributed by atoms with Gasteiger partial charge in [-0.1, -0.05) is 36.2 Å². The molecule has 0 fully saturated rings. The lowest BCUT2D eigenvalue weighted by Crippen LogP contribution is -2.29. The van der Waals surface area contributed by atoms with Gasteiger partial charge in [0.25, 0.3) is 0 Å². The number of hydrogen-bond donors (Lipinski definition) is 1. The second-order valence-electron chi connectivity index (χ2n) is 4.57. The van der Waals surface area contributed by atoms with Crippen molar-refractivity contribution < 1.29 is 4.74 Å². The second-order valence-corrected chi connectivity index (χ2v) is 5.42. The Morgan fingerprint density at radius 2 is 2.14 bits per heavy atom. The molecule has 1 aromatic heterocycles. The molecule has 0 spiro atoms. The zero-order chi connectivity index (χ0) is 15.2. The maximum Gasteiger partial charge on any atom is 0.120 e. The van der Waals surface area contributed by atoms with Crippen LogP contribution in [0.5, 0.6) is 5.75 Å². The maximum atomic E-state index is 6.26. The van der Waals surface area contributed by atoms with Gasteiger partial charge < -0.3 is 10.1 Å². The van der Waals surface area contributed by atoms with E-state index in [-0.39, 0.29) is 6.04 Å². The highest BCUT2D eigenvalue weighted by Gasteiger charge is 2.20. The van der Waals surface area contributed by atoms with Gasteiger partial charge in [-0.15, -0.1) is 0 Å². The van der Waals surface area contributed by atoms with Crippen molar-refractivity contribution in [2.75, 3.05) is 13.2 Å². The summed E-state index contributed by atoms with van der Waals surface area (Å²) in [4.78, 5) is 0. The third-order valence-corrected chi connectivity index (χ3v) is 3.65. The van der Waals surface area contributed by atoms with Crippen molar-refractivity contribution in [3.05, 3.63) is 46.2 Å². The first-order chi connectivity index (χ1) is 10.2. The Labute approximate surface area is 135 Å². The zero-order valence-corrected chi connectivity index (χ0v) is 13.7. The van der Waals surface area contributed by atoms with Gasteiger partial charge in [0.2, 0.25) is 0 Å². The first-order valence-electron chi connectivity index (χ1n) is 6.98. The van der Waals surface area contributed by atoms with Gasteiger partial charge in [-0.2, -0.15) is 5.10 Å². The van der Waals surface area contributed by atoms with Gasteiger partial charge in [-0.25, -0.2) is 0 Å². The topological polar surface area (TPSA) is 39.1 Å². The van der Waals surface area contributed by atoms with Crippen LogP contribution in [0.25, 0.3) is 0 Å². The molecule has 6 heteroatoms. The molecule has 21 heavy (non-hydrogen) atoms. The van der Waals surface area contributed by atoms with E-state index in [4.69, 9.17) is 27.9 Å². The van der Waals surface area contributed by atoms with Crippen LogP contribution >= 0.6 is 23.2 Å². The SMILES string of the molecule is CCNC(COc1cccc(Cl)c1)c1c(Cl)cnn1CC. The first kappa shape index (κ1) is 16.1. The molecular weight excluding hydrogens is 309 g/mol. The van der Waals surface area contributed by atoms with E-state index < -0.39 is 0 Å². The van der Waals surface area contributed by atoms with Crippen LogP contribution in [0.15, 0.2) is 30.5 Å². The van der Waals surface area contributed by atoms with Gasteiger partial charge in [-0.3, -0.25) is 4.68 Å². The Morgan fingerprint density at radius 1 is 1.33 bits per heavy atom. The van der Waals surface area contributed by atoms with Crippen LogP contribution in [0.2, 0.25) is 10.0 Å². The largest absolute Gasteiger partial charge is 0.491 e. The maximum absolute atomic E-state index is 6.26. The summed E-state index contributed by atoms with van der Waals surface area (Å²) in [5.74, 6) is 0.740. The van der Waals surface area contributed by atoms with E-state index in [1.54, 1.807) is 12.3 Å². The minimum absolute atomic E-state index is 0.0241. The van der Waals surface area contributed by atoms with E-state index in [2.05, 4.69) is 10.4 Å². The van der Waals surface area contributed by atoms with Gasteiger partial charge >= 0.3 is 0 Å². The number of rotatable bonds is 7. The molecule has 1 N–H and O–H groups in total. The van der Waals surface area contributed by atoms with Gasteiger partial charge in [0, 0.05) is 11.6 Å². The minimum Gasteiger partial charge on any atom is -0.491 e. The Balaban J connectivity index is 2.14. The van der Waals surface area contributed by atoms with Gasteiger partial charge in [0.1, 0.15) is 12.4 Å². The van der Waals surface area contributed by atoms with E-state index in [1.165, 1.54) is 0 Å². The summed E-state index contributed by atoms with van der Waals surface area (Å²) in [7, 11) is 0. The van der Waals surface area contributed by atoms with Crippen LogP contribution in [0.1, 0.15) is 25.6 Å². The lowest BCUT2D eigenvalue weighted by molar-refractivity contribution is 0.261. The summed E-state index contributed by atoms with van der Waals surface area (Å²) in [6, 6.07) is 7.34. The van der Waals surface area contributed by atoms with E-state index in [1.807, 2.05) is 36.7 Å². The number of ether oxygens (including phenoxy) is 1. The molecule has 0 saturated heterocycles. The molecule has 0 aliphatic carbocycles. The standard InChI is InChI=1S/C15H19Cl2N3O/c1-3-18-14(15-13(17)9-19-20(15)4-2)10-21-12-7-5-6-11(16)8-12/h5-9,14,18H,3-4,10H2,1-2H3. The predicted molar refractivity (Wildman–Crippen MR) is 86.3 cm³/mol. The zero-order valence-electron chi connectivity index (χ0n) is 12.1. The molecule has 4 nitrogen and oxygen atoms in total. The van der Waals surface area contributed by atoms with Crippen molar-refractivity contribution >= 4 is 23.2 Å². The third-order valence-electron chi connectivity index (χ3n) is 3.13. The van der Waals surface area contributed by atoms with Crippen molar-refractivity contribution in [2.24, 2.45) is 0 Å². The van der Waals surface area contributed by atoms with Crippen LogP contribution < -0.4 is 10.1 Å². The average molecular weight is 328 g/mol. The Morgan fingerprint density at radius 3 is 2.81 bits per heavy atom. The number of aryl methyl sites for hydroxylation is 1. The number of halogens is 2. The number of likely N-dealkylation sites (N-methyl/N-ethyl adjacent to an activating group) is 1. The first-order valence-corrected chi connectivity index (χ1v) is 7.74. The molecular formula is C15H19Cl2N3O. The monoisotopic (exact) mass is 327 g/mol. The van der Waals surface area contributed by atoms with E-state index in [0.717, 1.165) is 24.5 Å². The molecule has 1 unspecified atom stereocenters.